The minimum Gasteiger partial charge on any atom is -0.347 e. The summed E-state index contributed by atoms with van der Waals surface area (Å²) in [7, 11) is 0. The first kappa shape index (κ1) is 14.4. The summed E-state index contributed by atoms with van der Waals surface area (Å²) in [6.07, 6.45) is 1.99. The number of rotatable bonds is 3. The molecule has 0 bridgehead atoms. The number of thiazole rings is 1. The van der Waals surface area contributed by atoms with Gasteiger partial charge in [-0.15, -0.1) is 22.7 Å². The van der Waals surface area contributed by atoms with Gasteiger partial charge in [-0.05, 0) is 31.0 Å². The molecular weight excluding hydrogens is 326 g/mol. The summed E-state index contributed by atoms with van der Waals surface area (Å²) in [5, 5.41) is 5.00. The lowest BCUT2D eigenvalue weighted by molar-refractivity contribution is 0.0955. The molecule has 0 radical (unpaired) electrons. The second-order valence-corrected chi connectivity index (χ2v) is 7.48. The highest BCUT2D eigenvalue weighted by Crippen LogP contribution is 2.28. The zero-order valence-corrected chi connectivity index (χ0v) is 14.4. The average molecular weight is 341 g/mol. The number of aryl methyl sites for hydroxylation is 2. The number of hydrogen-bond acceptors (Lipinski definition) is 4. The van der Waals surface area contributed by atoms with Gasteiger partial charge >= 0.3 is 0 Å². The molecule has 1 aromatic carbocycles. The van der Waals surface area contributed by atoms with Crippen LogP contribution in [-0.4, -0.2) is 15.3 Å². The molecule has 0 spiro atoms. The molecule has 116 valence electrons. The molecule has 0 fully saturated rings. The van der Waals surface area contributed by atoms with Crippen molar-refractivity contribution in [3.8, 4) is 0 Å². The highest BCUT2D eigenvalue weighted by molar-refractivity contribution is 7.21. The molecule has 0 saturated heterocycles. The molecule has 0 aliphatic heterocycles. The number of hydrogen-bond donors (Lipinski definition) is 1. The van der Waals surface area contributed by atoms with E-state index >= 15 is 0 Å². The maximum absolute atomic E-state index is 12.4. The summed E-state index contributed by atoms with van der Waals surface area (Å²) in [4.78, 5) is 19.5. The van der Waals surface area contributed by atoms with Crippen LogP contribution in [0.4, 0.5) is 0 Å². The van der Waals surface area contributed by atoms with Gasteiger partial charge in [0.15, 0.2) is 4.96 Å². The van der Waals surface area contributed by atoms with Gasteiger partial charge in [0.05, 0.1) is 10.4 Å². The van der Waals surface area contributed by atoms with Crippen LogP contribution in [0.15, 0.2) is 35.8 Å². The van der Waals surface area contributed by atoms with Crippen molar-refractivity contribution in [3.63, 3.8) is 0 Å². The van der Waals surface area contributed by atoms with E-state index in [-0.39, 0.29) is 5.91 Å². The Morgan fingerprint density at radius 2 is 2.17 bits per heavy atom. The Bertz CT molecular complexity index is 1030. The van der Waals surface area contributed by atoms with Crippen LogP contribution in [-0.2, 0) is 6.54 Å². The van der Waals surface area contributed by atoms with Crippen molar-refractivity contribution in [2.45, 2.75) is 20.4 Å². The van der Waals surface area contributed by atoms with Gasteiger partial charge in [0.2, 0.25) is 0 Å². The van der Waals surface area contributed by atoms with Gasteiger partial charge in [-0.25, -0.2) is 4.98 Å². The third-order valence-corrected chi connectivity index (χ3v) is 5.67. The minimum absolute atomic E-state index is 0.0445. The molecule has 0 aliphatic rings. The molecule has 4 rings (SSSR count). The highest BCUT2D eigenvalue weighted by atomic mass is 32.1. The summed E-state index contributed by atoms with van der Waals surface area (Å²) in [6.45, 7) is 4.69. The number of benzene rings is 1. The first-order valence-corrected chi connectivity index (χ1v) is 9.01. The SMILES string of the molecule is Cc1ccc(CNC(=O)c2cc3c(nc4sccn43)s2)c(C)c1. The van der Waals surface area contributed by atoms with Crippen molar-refractivity contribution >= 4 is 43.9 Å². The maximum Gasteiger partial charge on any atom is 0.261 e. The van der Waals surface area contributed by atoms with E-state index in [2.05, 4.69) is 42.3 Å². The maximum atomic E-state index is 12.4. The topological polar surface area (TPSA) is 46.4 Å². The van der Waals surface area contributed by atoms with Crippen LogP contribution in [0.3, 0.4) is 0 Å². The average Bonchev–Trinajstić information content (AvgIpc) is 3.17. The molecule has 0 aliphatic carbocycles. The second-order valence-electron chi connectivity index (χ2n) is 5.58. The Morgan fingerprint density at radius 1 is 1.30 bits per heavy atom. The standard InChI is InChI=1S/C17H15N3OS2/c1-10-3-4-12(11(2)7-10)9-18-15(21)14-8-13-16(23-14)19-17-20(13)5-6-22-17/h3-8H,9H2,1-2H3,(H,18,21). The number of imidazole rings is 1. The first-order chi connectivity index (χ1) is 11.1. The van der Waals surface area contributed by atoms with E-state index in [1.54, 1.807) is 11.3 Å². The number of carbonyl (C=O) groups excluding carboxylic acids is 1. The molecule has 3 aromatic heterocycles. The number of carbonyl (C=O) groups is 1. The highest BCUT2D eigenvalue weighted by Gasteiger charge is 2.15. The lowest BCUT2D eigenvalue weighted by atomic mass is 10.1. The van der Waals surface area contributed by atoms with Gasteiger partial charge in [0.1, 0.15) is 4.83 Å². The van der Waals surface area contributed by atoms with E-state index in [1.165, 1.54) is 22.5 Å². The zero-order valence-electron chi connectivity index (χ0n) is 12.8. The second kappa shape index (κ2) is 5.47. The van der Waals surface area contributed by atoms with Crippen molar-refractivity contribution in [3.05, 3.63) is 57.4 Å². The Hall–Kier alpha value is -2.18. The minimum atomic E-state index is -0.0445. The lowest BCUT2D eigenvalue weighted by Gasteiger charge is -2.08. The molecule has 3 heterocycles. The molecule has 4 nitrogen and oxygen atoms in total. The third kappa shape index (κ3) is 2.54. The van der Waals surface area contributed by atoms with Crippen molar-refractivity contribution in [2.75, 3.05) is 0 Å². The van der Waals surface area contributed by atoms with Gasteiger partial charge in [-0.3, -0.25) is 9.20 Å². The Balaban J connectivity index is 1.55. The Kier molecular flexibility index (Phi) is 3.43. The zero-order chi connectivity index (χ0) is 16.0. The van der Waals surface area contributed by atoms with Crippen molar-refractivity contribution in [2.24, 2.45) is 0 Å². The van der Waals surface area contributed by atoms with E-state index < -0.39 is 0 Å². The van der Waals surface area contributed by atoms with Crippen LogP contribution < -0.4 is 5.32 Å². The van der Waals surface area contributed by atoms with Crippen LogP contribution in [0.25, 0.3) is 15.3 Å². The molecule has 23 heavy (non-hydrogen) atoms. The third-order valence-electron chi connectivity index (χ3n) is 3.90. The van der Waals surface area contributed by atoms with Crippen LogP contribution in [0.5, 0.6) is 0 Å². The fraction of sp³-hybridized carbons (Fsp3) is 0.176. The van der Waals surface area contributed by atoms with Crippen LogP contribution in [0.1, 0.15) is 26.4 Å². The molecule has 0 unspecified atom stereocenters. The smallest absolute Gasteiger partial charge is 0.261 e. The van der Waals surface area contributed by atoms with Gasteiger partial charge < -0.3 is 5.32 Å². The normalized spacial score (nSPS) is 11.4. The summed E-state index contributed by atoms with van der Waals surface area (Å²) in [5.41, 5.74) is 4.58. The summed E-state index contributed by atoms with van der Waals surface area (Å²) in [5.74, 6) is -0.0445. The number of fused-ring (bicyclic) bond motifs is 3. The first-order valence-electron chi connectivity index (χ1n) is 7.31. The van der Waals surface area contributed by atoms with Crippen molar-refractivity contribution in [1.29, 1.82) is 0 Å². The molecule has 1 amide bonds. The van der Waals surface area contributed by atoms with E-state index in [4.69, 9.17) is 0 Å². The fourth-order valence-electron chi connectivity index (χ4n) is 2.67. The predicted octanol–water partition coefficient (Wildman–Crippen LogP) is 4.16. The van der Waals surface area contributed by atoms with Crippen LogP contribution in [0.2, 0.25) is 0 Å². The molecule has 1 N–H and O–H groups in total. The number of nitrogens with one attached hydrogen (secondary N) is 1. The summed E-state index contributed by atoms with van der Waals surface area (Å²) in [6, 6.07) is 8.20. The van der Waals surface area contributed by atoms with Crippen LogP contribution in [0, 0.1) is 13.8 Å². The Morgan fingerprint density at radius 3 is 3.00 bits per heavy atom. The molecule has 0 saturated carbocycles. The van der Waals surface area contributed by atoms with Gasteiger partial charge in [-0.2, -0.15) is 0 Å². The molecular formula is C17H15N3OS2. The summed E-state index contributed by atoms with van der Waals surface area (Å²) >= 11 is 3.04. The van der Waals surface area contributed by atoms with E-state index in [9.17, 15) is 4.79 Å². The molecule has 6 heteroatoms. The largest absolute Gasteiger partial charge is 0.347 e. The van der Waals surface area contributed by atoms with Crippen LogP contribution >= 0.6 is 22.7 Å². The number of amides is 1. The predicted molar refractivity (Wildman–Crippen MR) is 95.5 cm³/mol. The van der Waals surface area contributed by atoms with Gasteiger partial charge in [0.25, 0.3) is 5.91 Å². The Labute approximate surface area is 141 Å². The van der Waals surface area contributed by atoms with Crippen molar-refractivity contribution < 1.29 is 4.79 Å². The molecule has 0 atom stereocenters. The quantitative estimate of drug-likeness (QED) is 0.608. The van der Waals surface area contributed by atoms with E-state index in [0.29, 0.717) is 11.4 Å². The monoisotopic (exact) mass is 341 g/mol. The number of thiophene rings is 1. The lowest BCUT2D eigenvalue weighted by Crippen LogP contribution is -2.22. The van der Waals surface area contributed by atoms with E-state index in [0.717, 1.165) is 20.9 Å². The van der Waals surface area contributed by atoms with Gasteiger partial charge in [0, 0.05) is 18.1 Å². The van der Waals surface area contributed by atoms with Gasteiger partial charge in [-0.1, -0.05) is 23.8 Å². The number of aromatic nitrogens is 2. The van der Waals surface area contributed by atoms with Crippen molar-refractivity contribution in [1.82, 2.24) is 14.7 Å². The summed E-state index contributed by atoms with van der Waals surface area (Å²) < 4.78 is 2.03. The fourth-order valence-corrected chi connectivity index (χ4v) is 4.38. The number of nitrogens with zero attached hydrogens (tertiary/aromatic N) is 2. The molecule has 4 aromatic rings. The van der Waals surface area contributed by atoms with E-state index in [1.807, 2.05) is 22.0 Å².